The molecule has 0 saturated carbocycles. The molecule has 18 heavy (non-hydrogen) atoms. The Morgan fingerprint density at radius 1 is 1.56 bits per heavy atom. The zero-order chi connectivity index (χ0) is 13.0. The first-order chi connectivity index (χ1) is 8.70. The van der Waals surface area contributed by atoms with Crippen LogP contribution in [0.5, 0.6) is 5.75 Å². The molecule has 1 aromatic rings. The van der Waals surface area contributed by atoms with Gasteiger partial charge in [0.25, 0.3) is 0 Å². The molecule has 1 aliphatic rings. The zero-order valence-corrected chi connectivity index (χ0v) is 10.6. The maximum atomic E-state index is 13.9. The molecule has 2 unspecified atom stereocenters. The summed E-state index contributed by atoms with van der Waals surface area (Å²) in [6.07, 6.45) is 1.44. The molecule has 1 N–H and O–H groups in total. The van der Waals surface area contributed by atoms with Crippen molar-refractivity contribution in [3.63, 3.8) is 0 Å². The minimum Gasteiger partial charge on any atom is -0.494 e. The van der Waals surface area contributed by atoms with Gasteiger partial charge in [-0.05, 0) is 30.4 Å². The number of hydrogen-bond donors (Lipinski definition) is 1. The number of hydrogen-bond acceptors (Lipinski definition) is 3. The highest BCUT2D eigenvalue weighted by Gasteiger charge is 2.21. The van der Waals surface area contributed by atoms with E-state index in [0.717, 1.165) is 13.0 Å². The Bertz CT molecular complexity index is 389. The molecule has 0 aliphatic carbocycles. The fourth-order valence-corrected chi connectivity index (χ4v) is 2.36. The first-order valence-electron chi connectivity index (χ1n) is 6.28. The third-order valence-electron chi connectivity index (χ3n) is 3.35. The average molecular weight is 254 g/mol. The maximum absolute atomic E-state index is 13.9. The second-order valence-electron chi connectivity index (χ2n) is 4.76. The van der Waals surface area contributed by atoms with E-state index in [1.165, 1.54) is 7.11 Å². The Kier molecular flexibility index (Phi) is 4.55. The zero-order valence-electron chi connectivity index (χ0n) is 10.6. The van der Waals surface area contributed by atoms with Gasteiger partial charge < -0.3 is 14.6 Å². The predicted molar refractivity (Wildman–Crippen MR) is 66.2 cm³/mol. The van der Waals surface area contributed by atoms with Gasteiger partial charge in [0.1, 0.15) is 0 Å². The molecular weight excluding hydrogens is 235 g/mol. The molecule has 3 nitrogen and oxygen atoms in total. The van der Waals surface area contributed by atoms with E-state index < -0.39 is 6.10 Å². The molecule has 100 valence electrons. The summed E-state index contributed by atoms with van der Waals surface area (Å²) >= 11 is 0. The van der Waals surface area contributed by atoms with Crippen molar-refractivity contribution in [2.24, 2.45) is 5.92 Å². The van der Waals surface area contributed by atoms with Crippen LogP contribution in [0.4, 0.5) is 4.39 Å². The fraction of sp³-hybridized carbons (Fsp3) is 0.571. The van der Waals surface area contributed by atoms with Gasteiger partial charge in [-0.2, -0.15) is 0 Å². The van der Waals surface area contributed by atoms with E-state index in [0.29, 0.717) is 30.9 Å². The fourth-order valence-electron chi connectivity index (χ4n) is 2.36. The van der Waals surface area contributed by atoms with Crippen molar-refractivity contribution in [2.45, 2.75) is 25.4 Å². The molecule has 1 aromatic carbocycles. The van der Waals surface area contributed by atoms with E-state index in [1.54, 1.807) is 18.2 Å². The second-order valence-corrected chi connectivity index (χ2v) is 4.76. The van der Waals surface area contributed by atoms with Crippen molar-refractivity contribution < 1.29 is 19.0 Å². The van der Waals surface area contributed by atoms with Gasteiger partial charge >= 0.3 is 0 Å². The molecule has 1 heterocycles. The number of aliphatic hydroxyl groups excluding tert-OH is 1. The Morgan fingerprint density at radius 3 is 3.06 bits per heavy atom. The van der Waals surface area contributed by atoms with E-state index >= 15 is 0 Å². The monoisotopic (exact) mass is 254 g/mol. The molecule has 1 fully saturated rings. The topological polar surface area (TPSA) is 38.7 Å². The summed E-state index contributed by atoms with van der Waals surface area (Å²) in [7, 11) is 1.44. The van der Waals surface area contributed by atoms with Crippen molar-refractivity contribution in [3.05, 3.63) is 29.6 Å². The van der Waals surface area contributed by atoms with Crippen molar-refractivity contribution in [1.29, 1.82) is 0 Å². The molecule has 0 spiro atoms. The highest BCUT2D eigenvalue weighted by Crippen LogP contribution is 2.24. The lowest BCUT2D eigenvalue weighted by Crippen LogP contribution is -2.17. The van der Waals surface area contributed by atoms with Crippen molar-refractivity contribution in [3.8, 4) is 5.75 Å². The number of rotatable bonds is 5. The average Bonchev–Trinajstić information content (AvgIpc) is 2.84. The Labute approximate surface area is 107 Å². The van der Waals surface area contributed by atoms with Crippen LogP contribution in [0.25, 0.3) is 0 Å². The first-order valence-corrected chi connectivity index (χ1v) is 6.28. The number of halogens is 1. The first kappa shape index (κ1) is 13.3. The Morgan fingerprint density at radius 2 is 2.39 bits per heavy atom. The summed E-state index contributed by atoms with van der Waals surface area (Å²) in [6, 6.07) is 5.00. The highest BCUT2D eigenvalue weighted by atomic mass is 19.1. The van der Waals surface area contributed by atoms with E-state index in [2.05, 4.69) is 0 Å². The minimum absolute atomic E-state index is 0.226. The third-order valence-corrected chi connectivity index (χ3v) is 3.35. The van der Waals surface area contributed by atoms with E-state index in [-0.39, 0.29) is 11.6 Å². The summed E-state index contributed by atoms with van der Waals surface area (Å²) < 4.78 is 24.1. The van der Waals surface area contributed by atoms with Crippen LogP contribution in [0.15, 0.2) is 18.2 Å². The summed E-state index contributed by atoms with van der Waals surface area (Å²) in [6.45, 7) is 1.47. The van der Waals surface area contributed by atoms with Crippen LogP contribution < -0.4 is 4.74 Å². The van der Waals surface area contributed by atoms with Crippen molar-refractivity contribution in [1.82, 2.24) is 0 Å². The molecule has 1 saturated heterocycles. The summed E-state index contributed by atoms with van der Waals surface area (Å²) in [4.78, 5) is 0. The van der Waals surface area contributed by atoms with Gasteiger partial charge in [0.2, 0.25) is 0 Å². The van der Waals surface area contributed by atoms with Gasteiger partial charge in [0.05, 0.1) is 13.2 Å². The lowest BCUT2D eigenvalue weighted by atomic mass is 9.96. The summed E-state index contributed by atoms with van der Waals surface area (Å²) in [5.41, 5.74) is 0.501. The third kappa shape index (κ3) is 3.21. The van der Waals surface area contributed by atoms with E-state index in [1.807, 2.05) is 0 Å². The van der Waals surface area contributed by atoms with E-state index in [4.69, 9.17) is 9.47 Å². The minimum atomic E-state index is -0.529. The van der Waals surface area contributed by atoms with Gasteiger partial charge in [0, 0.05) is 19.6 Å². The lowest BCUT2D eigenvalue weighted by Gasteiger charge is -2.15. The summed E-state index contributed by atoms with van der Waals surface area (Å²) in [5.74, 6) is 0.249. The van der Waals surface area contributed by atoms with Gasteiger partial charge in [-0.3, -0.25) is 0 Å². The van der Waals surface area contributed by atoms with Crippen LogP contribution in [-0.4, -0.2) is 31.5 Å². The quantitative estimate of drug-likeness (QED) is 0.875. The van der Waals surface area contributed by atoms with Gasteiger partial charge in [-0.25, -0.2) is 4.39 Å². The van der Waals surface area contributed by atoms with Crippen molar-refractivity contribution in [2.75, 3.05) is 20.3 Å². The SMILES string of the molecule is COc1cccc(CC(O)CC2CCOC2)c1F. The number of ether oxygens (including phenoxy) is 2. The van der Waals surface area contributed by atoms with Crippen molar-refractivity contribution >= 4 is 0 Å². The van der Waals surface area contributed by atoms with Gasteiger partial charge in [0.15, 0.2) is 11.6 Å². The number of methoxy groups -OCH3 is 1. The van der Waals surface area contributed by atoms with Gasteiger partial charge in [-0.15, -0.1) is 0 Å². The molecular formula is C14H19FO3. The Balaban J connectivity index is 1.95. The van der Waals surface area contributed by atoms with Crippen LogP contribution in [0.1, 0.15) is 18.4 Å². The largest absolute Gasteiger partial charge is 0.494 e. The highest BCUT2D eigenvalue weighted by molar-refractivity contribution is 5.31. The molecule has 0 amide bonds. The van der Waals surface area contributed by atoms with Crippen LogP contribution >= 0.6 is 0 Å². The van der Waals surface area contributed by atoms with Crippen LogP contribution in [0.2, 0.25) is 0 Å². The maximum Gasteiger partial charge on any atom is 0.168 e. The predicted octanol–water partition coefficient (Wildman–Crippen LogP) is 2.16. The lowest BCUT2D eigenvalue weighted by molar-refractivity contribution is 0.128. The standard InChI is InChI=1S/C14H19FO3/c1-17-13-4-2-3-11(14(13)15)8-12(16)7-10-5-6-18-9-10/h2-4,10,12,16H,5-9H2,1H3. The Hall–Kier alpha value is -1.13. The second kappa shape index (κ2) is 6.16. The van der Waals surface area contributed by atoms with Gasteiger partial charge in [-0.1, -0.05) is 12.1 Å². The van der Waals surface area contributed by atoms with Crippen LogP contribution in [0.3, 0.4) is 0 Å². The van der Waals surface area contributed by atoms with E-state index in [9.17, 15) is 9.50 Å². The molecule has 1 aliphatic heterocycles. The molecule has 0 bridgehead atoms. The normalized spacial score (nSPS) is 20.9. The number of benzene rings is 1. The molecule has 0 radical (unpaired) electrons. The number of aliphatic hydroxyl groups is 1. The van der Waals surface area contributed by atoms with Crippen LogP contribution in [-0.2, 0) is 11.2 Å². The molecule has 0 aromatic heterocycles. The molecule has 4 heteroatoms. The molecule has 2 rings (SSSR count). The smallest absolute Gasteiger partial charge is 0.168 e. The van der Waals surface area contributed by atoms with Crippen LogP contribution in [0, 0.1) is 11.7 Å². The summed E-state index contributed by atoms with van der Waals surface area (Å²) in [5, 5.41) is 9.99. The molecule has 2 atom stereocenters.